The fourth-order valence-corrected chi connectivity index (χ4v) is 2.18. The van der Waals surface area contributed by atoms with E-state index in [0.29, 0.717) is 12.1 Å². The molecule has 2 fully saturated rings. The van der Waals surface area contributed by atoms with Crippen LogP contribution in [0.5, 0.6) is 0 Å². The maximum absolute atomic E-state index is 11.8. The lowest BCUT2D eigenvalue weighted by molar-refractivity contribution is -0.131. The summed E-state index contributed by atoms with van der Waals surface area (Å²) in [6, 6.07) is 0.973. The molecule has 1 unspecified atom stereocenters. The van der Waals surface area contributed by atoms with Gasteiger partial charge in [0.05, 0.1) is 6.42 Å². The zero-order valence-electron chi connectivity index (χ0n) is 9.04. The number of hydrogen-bond acceptors (Lipinski definition) is 2. The fraction of sp³-hybridized carbons (Fsp3) is 0.750. The largest absolute Gasteiger partial charge is 0.337 e. The third-order valence-corrected chi connectivity index (χ3v) is 3.14. The Morgan fingerprint density at radius 3 is 2.80 bits per heavy atom. The number of amides is 1. The summed E-state index contributed by atoms with van der Waals surface area (Å²) in [5.41, 5.74) is 0. The van der Waals surface area contributed by atoms with Crippen molar-refractivity contribution in [3.05, 3.63) is 0 Å². The van der Waals surface area contributed by atoms with Gasteiger partial charge in [-0.1, -0.05) is 5.92 Å². The molecule has 1 amide bonds. The van der Waals surface area contributed by atoms with Crippen LogP contribution >= 0.6 is 0 Å². The highest BCUT2D eigenvalue weighted by atomic mass is 16.2. The number of terminal acetylenes is 1. The fourth-order valence-electron chi connectivity index (χ4n) is 2.18. The van der Waals surface area contributed by atoms with Gasteiger partial charge in [0.25, 0.3) is 0 Å². The van der Waals surface area contributed by atoms with Gasteiger partial charge in [-0.2, -0.15) is 0 Å². The van der Waals surface area contributed by atoms with Crippen LogP contribution in [0.4, 0.5) is 0 Å². The normalized spacial score (nSPS) is 24.9. The van der Waals surface area contributed by atoms with Gasteiger partial charge in [0.15, 0.2) is 0 Å². The summed E-state index contributed by atoms with van der Waals surface area (Å²) in [6.07, 6.45) is 10.2. The molecule has 82 valence electrons. The van der Waals surface area contributed by atoms with E-state index in [9.17, 15) is 4.79 Å². The minimum atomic E-state index is 0.133. The molecule has 1 atom stereocenters. The van der Waals surface area contributed by atoms with Gasteiger partial charge in [-0.05, 0) is 32.2 Å². The predicted molar refractivity (Wildman–Crippen MR) is 59.2 cm³/mol. The van der Waals surface area contributed by atoms with Crippen molar-refractivity contribution in [1.82, 2.24) is 10.2 Å². The molecular weight excluding hydrogens is 188 g/mol. The Kier molecular flexibility index (Phi) is 3.27. The topological polar surface area (TPSA) is 32.3 Å². The van der Waals surface area contributed by atoms with Crippen molar-refractivity contribution in [2.75, 3.05) is 13.1 Å². The van der Waals surface area contributed by atoms with E-state index >= 15 is 0 Å². The SMILES string of the molecule is C#CCC(=O)N(CC1CCCN1)C1CC1. The van der Waals surface area contributed by atoms with Crippen LogP contribution in [-0.4, -0.2) is 36.0 Å². The molecule has 0 radical (unpaired) electrons. The average Bonchev–Trinajstić information content (AvgIpc) is 2.93. The van der Waals surface area contributed by atoms with Gasteiger partial charge in [-0.3, -0.25) is 4.79 Å². The molecular formula is C12H18N2O. The molecule has 0 bridgehead atoms. The van der Waals surface area contributed by atoms with Gasteiger partial charge in [-0.25, -0.2) is 0 Å². The summed E-state index contributed by atoms with van der Waals surface area (Å²) in [5, 5.41) is 3.42. The summed E-state index contributed by atoms with van der Waals surface area (Å²) in [6.45, 7) is 1.94. The van der Waals surface area contributed by atoms with E-state index in [-0.39, 0.29) is 12.3 Å². The van der Waals surface area contributed by atoms with E-state index in [1.54, 1.807) is 0 Å². The van der Waals surface area contributed by atoms with Crippen molar-refractivity contribution in [2.45, 2.75) is 44.2 Å². The molecule has 0 aromatic rings. The highest BCUT2D eigenvalue weighted by Gasteiger charge is 2.33. The quantitative estimate of drug-likeness (QED) is 0.689. The van der Waals surface area contributed by atoms with Crippen LogP contribution in [0.25, 0.3) is 0 Å². The minimum Gasteiger partial charge on any atom is -0.337 e. The number of carbonyl (C=O) groups is 1. The lowest BCUT2D eigenvalue weighted by Gasteiger charge is -2.25. The molecule has 2 aliphatic rings. The number of nitrogens with one attached hydrogen (secondary N) is 1. The summed E-state index contributed by atoms with van der Waals surface area (Å²) >= 11 is 0. The Bertz CT molecular complexity index is 272. The number of rotatable bonds is 4. The molecule has 0 spiro atoms. The van der Waals surface area contributed by atoms with Gasteiger partial charge in [0.1, 0.15) is 0 Å². The summed E-state index contributed by atoms with van der Waals surface area (Å²) in [7, 11) is 0. The van der Waals surface area contributed by atoms with Crippen molar-refractivity contribution >= 4 is 5.91 Å². The Morgan fingerprint density at radius 1 is 1.47 bits per heavy atom. The second kappa shape index (κ2) is 4.67. The zero-order chi connectivity index (χ0) is 10.7. The maximum atomic E-state index is 11.8. The van der Waals surface area contributed by atoms with E-state index in [2.05, 4.69) is 11.2 Å². The van der Waals surface area contributed by atoms with Crippen LogP contribution in [0, 0.1) is 12.3 Å². The van der Waals surface area contributed by atoms with Crippen LogP contribution in [-0.2, 0) is 4.79 Å². The highest BCUT2D eigenvalue weighted by Crippen LogP contribution is 2.28. The molecule has 0 aromatic carbocycles. The van der Waals surface area contributed by atoms with Gasteiger partial charge >= 0.3 is 0 Å². The molecule has 1 N–H and O–H groups in total. The highest BCUT2D eigenvalue weighted by molar-refractivity contribution is 5.79. The van der Waals surface area contributed by atoms with Crippen molar-refractivity contribution in [2.24, 2.45) is 0 Å². The van der Waals surface area contributed by atoms with Crippen LogP contribution in [0.1, 0.15) is 32.1 Å². The second-order valence-electron chi connectivity index (χ2n) is 4.45. The predicted octanol–water partition coefficient (Wildman–Crippen LogP) is 0.753. The van der Waals surface area contributed by atoms with E-state index in [1.807, 2.05) is 4.90 Å². The van der Waals surface area contributed by atoms with Crippen molar-refractivity contribution in [3.63, 3.8) is 0 Å². The van der Waals surface area contributed by atoms with Crippen LogP contribution in [0.15, 0.2) is 0 Å². The van der Waals surface area contributed by atoms with E-state index in [4.69, 9.17) is 6.42 Å². The lowest BCUT2D eigenvalue weighted by atomic mass is 10.2. The first kappa shape index (κ1) is 10.5. The molecule has 1 saturated carbocycles. The van der Waals surface area contributed by atoms with Gasteiger partial charge in [0, 0.05) is 18.6 Å². The van der Waals surface area contributed by atoms with Crippen molar-refractivity contribution in [3.8, 4) is 12.3 Å². The number of hydrogen-bond donors (Lipinski definition) is 1. The zero-order valence-corrected chi connectivity index (χ0v) is 9.04. The maximum Gasteiger partial charge on any atom is 0.234 e. The van der Waals surface area contributed by atoms with E-state index < -0.39 is 0 Å². The first-order valence-corrected chi connectivity index (χ1v) is 5.77. The van der Waals surface area contributed by atoms with Crippen molar-refractivity contribution < 1.29 is 4.79 Å². The molecule has 1 heterocycles. The summed E-state index contributed by atoms with van der Waals surface area (Å²) < 4.78 is 0. The Labute approximate surface area is 91.2 Å². The van der Waals surface area contributed by atoms with Gasteiger partial charge in [-0.15, -0.1) is 6.42 Å². The molecule has 3 heteroatoms. The monoisotopic (exact) mass is 206 g/mol. The van der Waals surface area contributed by atoms with Gasteiger partial charge in [0.2, 0.25) is 5.91 Å². The second-order valence-corrected chi connectivity index (χ2v) is 4.45. The molecule has 15 heavy (non-hydrogen) atoms. The lowest BCUT2D eigenvalue weighted by Crippen LogP contribution is -2.42. The van der Waals surface area contributed by atoms with Crippen molar-refractivity contribution in [1.29, 1.82) is 0 Å². The molecule has 0 aromatic heterocycles. The minimum absolute atomic E-state index is 0.133. The number of nitrogens with zero attached hydrogens (tertiary/aromatic N) is 1. The molecule has 1 saturated heterocycles. The Balaban J connectivity index is 1.88. The summed E-state index contributed by atoms with van der Waals surface area (Å²) in [5.74, 6) is 2.58. The summed E-state index contributed by atoms with van der Waals surface area (Å²) in [4.78, 5) is 13.8. The smallest absolute Gasteiger partial charge is 0.234 e. The molecule has 1 aliphatic heterocycles. The molecule has 1 aliphatic carbocycles. The van der Waals surface area contributed by atoms with Crippen LogP contribution < -0.4 is 5.32 Å². The van der Waals surface area contributed by atoms with E-state index in [0.717, 1.165) is 25.9 Å². The molecule has 2 rings (SSSR count). The Hall–Kier alpha value is -1.01. The number of carbonyl (C=O) groups excluding carboxylic acids is 1. The first-order valence-electron chi connectivity index (χ1n) is 5.77. The molecule has 3 nitrogen and oxygen atoms in total. The first-order chi connectivity index (χ1) is 7.31. The average molecular weight is 206 g/mol. The Morgan fingerprint density at radius 2 is 2.27 bits per heavy atom. The van der Waals surface area contributed by atoms with Crippen LogP contribution in [0.3, 0.4) is 0 Å². The van der Waals surface area contributed by atoms with Crippen LogP contribution in [0.2, 0.25) is 0 Å². The van der Waals surface area contributed by atoms with E-state index in [1.165, 1.54) is 12.8 Å². The third kappa shape index (κ3) is 2.73. The van der Waals surface area contributed by atoms with Gasteiger partial charge < -0.3 is 10.2 Å². The standard InChI is InChI=1S/C12H18N2O/c1-2-4-12(15)14(11-6-7-11)9-10-5-3-8-13-10/h1,10-11,13H,3-9H2. The third-order valence-electron chi connectivity index (χ3n) is 3.14.